The summed E-state index contributed by atoms with van der Waals surface area (Å²) in [5.74, 6) is -0.0604. The van der Waals surface area contributed by atoms with E-state index in [4.69, 9.17) is 4.74 Å². The van der Waals surface area contributed by atoms with Crippen molar-refractivity contribution in [3.63, 3.8) is 0 Å². The van der Waals surface area contributed by atoms with Crippen LogP contribution in [0.5, 0.6) is 0 Å². The quantitative estimate of drug-likeness (QED) is 0.702. The molecule has 3 rings (SSSR count). The minimum absolute atomic E-state index is 0.0604. The molecule has 0 aromatic heterocycles. The van der Waals surface area contributed by atoms with Crippen LogP contribution in [0.1, 0.15) is 23.2 Å². The summed E-state index contributed by atoms with van der Waals surface area (Å²) in [5, 5.41) is 0. The number of benzene rings is 1. The zero-order valence-electron chi connectivity index (χ0n) is 15.5. The lowest BCUT2D eigenvalue weighted by Crippen LogP contribution is -2.50. The number of hydrogen-bond donors (Lipinski definition) is 1. The number of ether oxygens (including phenoxy) is 1. The highest BCUT2D eigenvalue weighted by molar-refractivity contribution is 7.89. The number of nitrogens with one attached hydrogen (secondary N) is 1. The van der Waals surface area contributed by atoms with Gasteiger partial charge in [-0.1, -0.05) is 6.08 Å². The molecule has 27 heavy (non-hydrogen) atoms. The normalized spacial score (nSPS) is 21.3. The monoisotopic (exact) mass is 393 g/mol. The first-order chi connectivity index (χ1) is 13.0. The number of piperazine rings is 1. The average molecular weight is 394 g/mol. The van der Waals surface area contributed by atoms with Gasteiger partial charge >= 0.3 is 0 Å². The lowest BCUT2D eigenvalue weighted by atomic mass is 10.1. The van der Waals surface area contributed by atoms with Crippen LogP contribution in [-0.2, 0) is 14.8 Å². The van der Waals surface area contributed by atoms with Crippen molar-refractivity contribution in [2.24, 2.45) is 0 Å². The lowest BCUT2D eigenvalue weighted by Gasteiger charge is -2.35. The second kappa shape index (κ2) is 8.97. The molecule has 0 spiro atoms. The van der Waals surface area contributed by atoms with Crippen LogP contribution in [-0.4, -0.2) is 76.1 Å². The van der Waals surface area contributed by atoms with Crippen LogP contribution in [0.2, 0.25) is 0 Å². The fourth-order valence-corrected chi connectivity index (χ4v) is 4.42. The smallest absolute Gasteiger partial charge is 0.253 e. The van der Waals surface area contributed by atoms with Gasteiger partial charge in [-0.3, -0.25) is 9.69 Å². The van der Waals surface area contributed by atoms with E-state index in [9.17, 15) is 13.2 Å². The molecule has 0 aliphatic carbocycles. The maximum atomic E-state index is 12.7. The van der Waals surface area contributed by atoms with Gasteiger partial charge in [-0.25, -0.2) is 13.1 Å². The van der Waals surface area contributed by atoms with Gasteiger partial charge in [0.25, 0.3) is 5.91 Å². The summed E-state index contributed by atoms with van der Waals surface area (Å²) in [6.45, 7) is 8.47. The Hall–Kier alpha value is -1.74. The lowest BCUT2D eigenvalue weighted by molar-refractivity contribution is 0.0432. The summed E-state index contributed by atoms with van der Waals surface area (Å²) < 4.78 is 32.3. The Bertz CT molecular complexity index is 750. The highest BCUT2D eigenvalue weighted by Crippen LogP contribution is 2.16. The molecular weight excluding hydrogens is 366 g/mol. The number of hydrogen-bond acceptors (Lipinski definition) is 5. The van der Waals surface area contributed by atoms with Crippen molar-refractivity contribution in [2.75, 3.05) is 45.9 Å². The van der Waals surface area contributed by atoms with Gasteiger partial charge < -0.3 is 9.64 Å². The third-order valence-electron chi connectivity index (χ3n) is 4.97. The van der Waals surface area contributed by atoms with Crippen LogP contribution >= 0.6 is 0 Å². The van der Waals surface area contributed by atoms with E-state index in [-0.39, 0.29) is 17.3 Å². The zero-order chi connectivity index (χ0) is 19.3. The molecule has 2 fully saturated rings. The van der Waals surface area contributed by atoms with Gasteiger partial charge in [0, 0.05) is 51.4 Å². The summed E-state index contributed by atoms with van der Waals surface area (Å²) in [6.07, 6.45) is 4.07. The summed E-state index contributed by atoms with van der Waals surface area (Å²) in [7, 11) is -3.57. The van der Waals surface area contributed by atoms with E-state index >= 15 is 0 Å². The zero-order valence-corrected chi connectivity index (χ0v) is 16.3. The molecule has 1 aromatic carbocycles. The number of carbonyl (C=O) groups excluding carboxylic acids is 1. The van der Waals surface area contributed by atoms with Crippen molar-refractivity contribution in [1.82, 2.24) is 14.5 Å². The first kappa shape index (κ1) is 20.0. The fourth-order valence-electron chi connectivity index (χ4n) is 3.42. The maximum Gasteiger partial charge on any atom is 0.253 e. The molecule has 1 amide bonds. The predicted octanol–water partition coefficient (Wildman–Crippen LogP) is 1.09. The van der Waals surface area contributed by atoms with E-state index in [1.54, 1.807) is 12.1 Å². The molecule has 2 aliphatic heterocycles. The fraction of sp³-hybridized carbons (Fsp3) is 0.526. The first-order valence-electron chi connectivity index (χ1n) is 9.33. The number of carbonyl (C=O) groups is 1. The van der Waals surface area contributed by atoms with Gasteiger partial charge in [-0.05, 0) is 37.1 Å². The summed E-state index contributed by atoms with van der Waals surface area (Å²) in [5.41, 5.74) is 0.505. The van der Waals surface area contributed by atoms with Gasteiger partial charge in [-0.2, -0.15) is 0 Å². The largest absolute Gasteiger partial charge is 0.377 e. The number of nitrogens with zero attached hydrogens (tertiary/aromatic N) is 2. The molecular formula is C19H27N3O4S. The van der Waals surface area contributed by atoms with Crippen molar-refractivity contribution in [3.05, 3.63) is 42.5 Å². The van der Waals surface area contributed by atoms with E-state index in [0.717, 1.165) is 39.1 Å². The average Bonchev–Trinajstić information content (AvgIpc) is 3.20. The molecule has 2 heterocycles. The minimum Gasteiger partial charge on any atom is -0.377 e. The van der Waals surface area contributed by atoms with Crippen LogP contribution in [0.4, 0.5) is 0 Å². The van der Waals surface area contributed by atoms with Crippen molar-refractivity contribution in [1.29, 1.82) is 0 Å². The molecule has 1 aromatic rings. The van der Waals surface area contributed by atoms with Crippen LogP contribution < -0.4 is 4.72 Å². The SMILES string of the molecule is C=CCNS(=O)(=O)c1ccc(C(=O)N2CCN(CC3CCCO3)CC2)cc1. The highest BCUT2D eigenvalue weighted by Gasteiger charge is 2.25. The molecule has 2 aliphatic rings. The van der Waals surface area contributed by atoms with Gasteiger partial charge in [0.15, 0.2) is 0 Å². The molecule has 7 nitrogen and oxygen atoms in total. The topological polar surface area (TPSA) is 79.0 Å². The number of rotatable bonds is 7. The van der Waals surface area contributed by atoms with E-state index in [1.165, 1.54) is 18.2 Å². The van der Waals surface area contributed by atoms with Crippen molar-refractivity contribution in [3.8, 4) is 0 Å². The van der Waals surface area contributed by atoms with Gasteiger partial charge in [0.1, 0.15) is 0 Å². The van der Waals surface area contributed by atoms with Gasteiger partial charge in [0.2, 0.25) is 10.0 Å². The van der Waals surface area contributed by atoms with E-state index in [1.807, 2.05) is 4.90 Å². The van der Waals surface area contributed by atoms with Crippen LogP contribution in [0.15, 0.2) is 41.8 Å². The Kier molecular flexibility index (Phi) is 6.64. The molecule has 0 bridgehead atoms. The van der Waals surface area contributed by atoms with Crippen molar-refractivity contribution < 1.29 is 17.9 Å². The number of sulfonamides is 1. The van der Waals surface area contributed by atoms with E-state index < -0.39 is 10.0 Å². The molecule has 1 atom stereocenters. The molecule has 148 valence electrons. The Labute approximate surface area is 161 Å². The highest BCUT2D eigenvalue weighted by atomic mass is 32.2. The van der Waals surface area contributed by atoms with Crippen molar-refractivity contribution in [2.45, 2.75) is 23.8 Å². The Morgan fingerprint density at radius 1 is 1.22 bits per heavy atom. The van der Waals surface area contributed by atoms with Gasteiger partial charge in [0.05, 0.1) is 11.0 Å². The van der Waals surface area contributed by atoms with E-state index in [0.29, 0.717) is 24.8 Å². The van der Waals surface area contributed by atoms with Gasteiger partial charge in [-0.15, -0.1) is 6.58 Å². The number of amides is 1. The molecule has 0 saturated carbocycles. The van der Waals surface area contributed by atoms with Crippen molar-refractivity contribution >= 4 is 15.9 Å². The van der Waals surface area contributed by atoms with E-state index in [2.05, 4.69) is 16.2 Å². The Balaban J connectivity index is 1.54. The molecule has 1 N–H and O–H groups in total. The summed E-state index contributed by atoms with van der Waals surface area (Å²) in [6, 6.07) is 6.08. The second-order valence-electron chi connectivity index (χ2n) is 6.89. The Morgan fingerprint density at radius 2 is 1.93 bits per heavy atom. The minimum atomic E-state index is -3.57. The third kappa shape index (κ3) is 5.16. The van der Waals surface area contributed by atoms with Crippen LogP contribution in [0.25, 0.3) is 0 Å². The standard InChI is InChI=1S/C19H27N3O4S/c1-2-9-20-27(24,25)18-7-5-16(6-8-18)19(23)22-12-10-21(11-13-22)15-17-4-3-14-26-17/h2,5-8,17,20H,1,3-4,9-15H2. The summed E-state index contributed by atoms with van der Waals surface area (Å²) >= 11 is 0. The second-order valence-corrected chi connectivity index (χ2v) is 8.66. The molecule has 1 unspecified atom stereocenters. The predicted molar refractivity (Wildman–Crippen MR) is 103 cm³/mol. The molecule has 8 heteroatoms. The third-order valence-corrected chi connectivity index (χ3v) is 6.41. The van der Waals surface area contributed by atoms with Crippen LogP contribution in [0, 0.1) is 0 Å². The summed E-state index contributed by atoms with van der Waals surface area (Å²) in [4.78, 5) is 17.0. The van der Waals surface area contributed by atoms with Crippen LogP contribution in [0.3, 0.4) is 0 Å². The molecule has 0 radical (unpaired) electrons. The maximum absolute atomic E-state index is 12.7. The Morgan fingerprint density at radius 3 is 2.52 bits per heavy atom. The molecule has 2 saturated heterocycles. The first-order valence-corrected chi connectivity index (χ1v) is 10.8.